The molecule has 0 heterocycles. The van der Waals surface area contributed by atoms with E-state index in [0.29, 0.717) is 0 Å². The molecule has 50 valence electrons. The molecule has 0 aromatic carbocycles. The van der Waals surface area contributed by atoms with Gasteiger partial charge in [0.15, 0.2) is 0 Å². The third-order valence-corrected chi connectivity index (χ3v) is 0.354. The van der Waals surface area contributed by atoms with Crippen LogP contribution >= 0.6 is 0 Å². The molecule has 2 heteroatoms. The molecule has 0 aliphatic rings. The zero-order valence-corrected chi connectivity index (χ0v) is 7.07. The average Bonchev–Trinajstić information content (AvgIpc) is 1.72. The Kier molecular flexibility index (Phi) is 121. The van der Waals surface area contributed by atoms with Gasteiger partial charge in [0.2, 0.25) is 0 Å². The zero-order chi connectivity index (χ0) is 5.41. The second-order valence-electron chi connectivity index (χ2n) is 0.854. The van der Waals surface area contributed by atoms with Crippen LogP contribution < -0.4 is 0 Å². The van der Waals surface area contributed by atoms with Gasteiger partial charge in [-0.15, -0.1) is 0 Å². The fourth-order valence-electron chi connectivity index (χ4n) is 0. The fourth-order valence-corrected chi connectivity index (χ4v) is 0. The molecular formula is C6H14CuLi. The largest absolute Gasteiger partial charge is 2.00 e. The molecule has 0 atom stereocenters. The molecule has 0 saturated carbocycles. The molecule has 8 heavy (non-hydrogen) atoms. The molecule has 0 rings (SSSR count). The van der Waals surface area contributed by atoms with Crippen LogP contribution in [0.1, 0.15) is 26.7 Å². The molecule has 0 aromatic heterocycles. The molecule has 0 unspecified atom stereocenters. The summed E-state index contributed by atoms with van der Waals surface area (Å²) in [5.74, 6) is 0. The van der Waals surface area contributed by atoms with Crippen LogP contribution in [0.5, 0.6) is 0 Å². The van der Waals surface area contributed by atoms with Gasteiger partial charge in [-0.1, -0.05) is 13.3 Å². The van der Waals surface area contributed by atoms with Crippen molar-refractivity contribution < 1.29 is 17.1 Å². The first-order chi connectivity index (χ1) is 2.91. The minimum Gasteiger partial charge on any atom is -0.346 e. The maximum absolute atomic E-state index is 3.60. The molecule has 0 aliphatic carbocycles. The third kappa shape index (κ3) is 59.4. The summed E-state index contributed by atoms with van der Waals surface area (Å²) >= 11 is 0. The van der Waals surface area contributed by atoms with Gasteiger partial charge in [0.05, 0.1) is 0 Å². The van der Waals surface area contributed by atoms with Crippen LogP contribution in [0, 0.1) is 13.8 Å². The first-order valence-corrected chi connectivity index (χ1v) is 2.41. The van der Waals surface area contributed by atoms with E-state index >= 15 is 0 Å². The summed E-state index contributed by atoms with van der Waals surface area (Å²) in [6.45, 7) is 10.7. The molecule has 0 spiro atoms. The first-order valence-electron chi connectivity index (χ1n) is 2.41. The van der Waals surface area contributed by atoms with Crippen molar-refractivity contribution in [2.24, 2.45) is 0 Å². The van der Waals surface area contributed by atoms with Gasteiger partial charge in [-0.2, -0.15) is 13.3 Å². The Morgan fingerprint density at radius 2 is 1.38 bits per heavy atom. The molecule has 0 amide bonds. The van der Waals surface area contributed by atoms with E-state index in [0.717, 1.165) is 6.42 Å². The summed E-state index contributed by atoms with van der Waals surface area (Å²) in [6, 6.07) is 0. The second-order valence-corrected chi connectivity index (χ2v) is 0.854. The van der Waals surface area contributed by atoms with E-state index in [-0.39, 0.29) is 35.9 Å². The molecular weight excluding hydrogens is 143 g/mol. The van der Waals surface area contributed by atoms with Crippen molar-refractivity contribution in [3.63, 3.8) is 0 Å². The Bertz CT molecular complexity index is 10.5. The Morgan fingerprint density at radius 3 is 1.38 bits per heavy atom. The number of hydrogen-bond acceptors (Lipinski definition) is 0. The van der Waals surface area contributed by atoms with Gasteiger partial charge in [0.1, 0.15) is 0 Å². The van der Waals surface area contributed by atoms with Crippen LogP contribution in [0.2, 0.25) is 0 Å². The monoisotopic (exact) mass is 156 g/mol. The minimum atomic E-state index is 0. The Labute approximate surface area is 76.5 Å². The topological polar surface area (TPSA) is 0 Å². The first kappa shape index (κ1) is 22.9. The average molecular weight is 157 g/mol. The maximum atomic E-state index is 3.60. The van der Waals surface area contributed by atoms with Crippen LogP contribution in [-0.4, -0.2) is 18.9 Å². The summed E-state index contributed by atoms with van der Waals surface area (Å²) in [4.78, 5) is 0. The molecule has 0 nitrogen and oxygen atoms in total. The van der Waals surface area contributed by atoms with Gasteiger partial charge < -0.3 is 13.8 Å². The van der Waals surface area contributed by atoms with Crippen LogP contribution in [0.4, 0.5) is 0 Å². The maximum Gasteiger partial charge on any atom is 2.00 e. The Hall–Kier alpha value is 1.12. The van der Waals surface area contributed by atoms with Gasteiger partial charge in [0.25, 0.3) is 0 Å². The summed E-state index contributed by atoms with van der Waals surface area (Å²) < 4.78 is 0. The Morgan fingerprint density at radius 1 is 1.25 bits per heavy atom. The second kappa shape index (κ2) is 42.3. The summed E-state index contributed by atoms with van der Waals surface area (Å²) in [5.41, 5.74) is 0. The van der Waals surface area contributed by atoms with Crippen molar-refractivity contribution in [2.45, 2.75) is 26.7 Å². The van der Waals surface area contributed by atoms with Crippen LogP contribution in [0.3, 0.4) is 0 Å². The van der Waals surface area contributed by atoms with Crippen molar-refractivity contribution in [3.8, 4) is 0 Å². The number of rotatable bonds is 1. The van der Waals surface area contributed by atoms with Gasteiger partial charge >= 0.3 is 17.1 Å². The van der Waals surface area contributed by atoms with Crippen LogP contribution in [-0.2, 0) is 17.1 Å². The normalized spacial score (nSPS) is 4.50. The smallest absolute Gasteiger partial charge is 0.346 e. The van der Waals surface area contributed by atoms with Crippen molar-refractivity contribution >= 4 is 18.9 Å². The summed E-state index contributed by atoms with van der Waals surface area (Å²) in [7, 11) is 0. The molecule has 2 radical (unpaired) electrons. The van der Waals surface area contributed by atoms with E-state index < -0.39 is 0 Å². The van der Waals surface area contributed by atoms with Crippen molar-refractivity contribution in [3.05, 3.63) is 13.8 Å². The van der Waals surface area contributed by atoms with Crippen molar-refractivity contribution in [1.82, 2.24) is 0 Å². The van der Waals surface area contributed by atoms with Gasteiger partial charge in [-0.25, -0.2) is 0 Å². The van der Waals surface area contributed by atoms with Crippen molar-refractivity contribution in [2.75, 3.05) is 0 Å². The van der Waals surface area contributed by atoms with E-state index in [2.05, 4.69) is 20.8 Å². The molecule has 0 fully saturated rings. The van der Waals surface area contributed by atoms with Crippen LogP contribution in [0.15, 0.2) is 0 Å². The van der Waals surface area contributed by atoms with Gasteiger partial charge in [-0.3, -0.25) is 0 Å². The molecule has 0 aromatic rings. The Balaban J connectivity index is -0.0000000183. The standard InChI is InChI=1S/C4H9.C2H5.Cu.Li/c1-3-4-2;1-2;;/h1,3-4H2,2H3;1H2,2H3;;/q2*-1;+2;. The predicted molar refractivity (Wildman–Crippen MR) is 37.0 cm³/mol. The van der Waals surface area contributed by atoms with E-state index in [1.807, 2.05) is 0 Å². The molecule has 0 bridgehead atoms. The summed E-state index contributed by atoms with van der Waals surface area (Å²) in [5, 5.41) is 0. The SMILES string of the molecule is [CH2-]C.[CH2-]CCC.[Cu+2].[Li]. The number of hydrogen-bond donors (Lipinski definition) is 0. The van der Waals surface area contributed by atoms with E-state index in [4.69, 9.17) is 0 Å². The number of unbranched alkanes of at least 4 members (excludes halogenated alkanes) is 1. The fraction of sp³-hybridized carbons (Fsp3) is 0.667. The predicted octanol–water partition coefficient (Wildman–Crippen LogP) is 2.08. The van der Waals surface area contributed by atoms with Gasteiger partial charge in [-0.05, 0) is 0 Å². The van der Waals surface area contributed by atoms with E-state index in [9.17, 15) is 0 Å². The molecule has 0 aliphatic heterocycles. The summed E-state index contributed by atoms with van der Waals surface area (Å²) in [6.07, 6.45) is 2.28. The van der Waals surface area contributed by atoms with Gasteiger partial charge in [0, 0.05) is 18.9 Å². The quantitative estimate of drug-likeness (QED) is 0.403. The zero-order valence-electron chi connectivity index (χ0n) is 6.13. The minimum absolute atomic E-state index is 0. The van der Waals surface area contributed by atoms with Crippen molar-refractivity contribution in [1.29, 1.82) is 0 Å². The third-order valence-electron chi connectivity index (χ3n) is 0.354. The van der Waals surface area contributed by atoms with E-state index in [1.54, 1.807) is 6.92 Å². The van der Waals surface area contributed by atoms with E-state index in [1.165, 1.54) is 6.42 Å². The molecule has 0 N–H and O–H groups in total. The molecule has 0 saturated heterocycles. The van der Waals surface area contributed by atoms with Crippen LogP contribution in [0.25, 0.3) is 0 Å².